The highest BCUT2D eigenvalue weighted by Gasteiger charge is 2.15. The van der Waals surface area contributed by atoms with Gasteiger partial charge in [-0.1, -0.05) is 18.9 Å². The van der Waals surface area contributed by atoms with Crippen LogP contribution in [-0.4, -0.2) is 19.7 Å². The van der Waals surface area contributed by atoms with Gasteiger partial charge in [0.15, 0.2) is 0 Å². The Balaban J connectivity index is 3.16. The van der Waals surface area contributed by atoms with Crippen LogP contribution in [0.15, 0.2) is 18.2 Å². The SMILES string of the molecule is C#Cc1cccc(C(=O)OC)c1OCCC. The maximum absolute atomic E-state index is 11.5. The van der Waals surface area contributed by atoms with Crippen LogP contribution >= 0.6 is 0 Å². The Kier molecular flexibility index (Phi) is 4.41. The Bertz CT molecular complexity index is 416. The summed E-state index contributed by atoms with van der Waals surface area (Å²) >= 11 is 0. The van der Waals surface area contributed by atoms with Crippen molar-refractivity contribution in [2.24, 2.45) is 0 Å². The van der Waals surface area contributed by atoms with Crippen LogP contribution in [0.2, 0.25) is 0 Å². The molecule has 0 atom stereocenters. The quantitative estimate of drug-likeness (QED) is 0.574. The van der Waals surface area contributed by atoms with Crippen LogP contribution in [0.5, 0.6) is 5.75 Å². The van der Waals surface area contributed by atoms with Gasteiger partial charge in [-0.2, -0.15) is 0 Å². The summed E-state index contributed by atoms with van der Waals surface area (Å²) in [7, 11) is 1.33. The third-order valence-electron chi connectivity index (χ3n) is 2.03. The minimum absolute atomic E-state index is 0.367. The average molecular weight is 218 g/mol. The van der Waals surface area contributed by atoms with Crippen LogP contribution in [0.4, 0.5) is 0 Å². The van der Waals surface area contributed by atoms with Crippen molar-refractivity contribution in [2.75, 3.05) is 13.7 Å². The fourth-order valence-electron chi connectivity index (χ4n) is 1.28. The first-order valence-electron chi connectivity index (χ1n) is 5.05. The molecule has 1 rings (SSSR count). The molecule has 0 fully saturated rings. The summed E-state index contributed by atoms with van der Waals surface area (Å²) in [5.74, 6) is 2.48. The van der Waals surface area contributed by atoms with Gasteiger partial charge in [0.2, 0.25) is 0 Å². The summed E-state index contributed by atoms with van der Waals surface area (Å²) in [6, 6.07) is 5.08. The molecule has 84 valence electrons. The lowest BCUT2D eigenvalue weighted by molar-refractivity contribution is 0.0596. The first-order chi connectivity index (χ1) is 7.74. The minimum Gasteiger partial charge on any atom is -0.491 e. The number of hydrogen-bond acceptors (Lipinski definition) is 3. The van der Waals surface area contributed by atoms with E-state index in [0.29, 0.717) is 23.5 Å². The van der Waals surface area contributed by atoms with Gasteiger partial charge in [-0.3, -0.25) is 0 Å². The molecule has 3 heteroatoms. The van der Waals surface area contributed by atoms with Gasteiger partial charge in [0.1, 0.15) is 11.3 Å². The van der Waals surface area contributed by atoms with Crippen molar-refractivity contribution in [3.8, 4) is 18.1 Å². The summed E-state index contributed by atoms with van der Waals surface area (Å²) in [5, 5.41) is 0. The number of rotatable bonds is 4. The Morgan fingerprint density at radius 3 is 2.81 bits per heavy atom. The van der Waals surface area contributed by atoms with Crippen molar-refractivity contribution in [2.45, 2.75) is 13.3 Å². The number of carbonyl (C=O) groups is 1. The molecule has 0 unspecified atom stereocenters. The van der Waals surface area contributed by atoms with Crippen molar-refractivity contribution in [1.29, 1.82) is 0 Å². The Labute approximate surface area is 95.4 Å². The van der Waals surface area contributed by atoms with Crippen LogP contribution in [0, 0.1) is 12.3 Å². The van der Waals surface area contributed by atoms with Gasteiger partial charge in [0.25, 0.3) is 0 Å². The molecule has 0 aliphatic rings. The molecule has 1 aromatic carbocycles. The molecule has 0 radical (unpaired) electrons. The summed E-state index contributed by atoms with van der Waals surface area (Å²) < 4.78 is 10.2. The van der Waals surface area contributed by atoms with E-state index in [-0.39, 0.29) is 0 Å². The molecular weight excluding hydrogens is 204 g/mol. The van der Waals surface area contributed by atoms with Crippen molar-refractivity contribution in [3.63, 3.8) is 0 Å². The van der Waals surface area contributed by atoms with E-state index in [0.717, 1.165) is 6.42 Å². The molecule has 0 heterocycles. The van der Waals surface area contributed by atoms with E-state index in [4.69, 9.17) is 11.2 Å². The van der Waals surface area contributed by atoms with Crippen LogP contribution in [0.1, 0.15) is 29.3 Å². The topological polar surface area (TPSA) is 35.5 Å². The lowest BCUT2D eigenvalue weighted by Crippen LogP contribution is -2.07. The standard InChI is InChI=1S/C13H14O3/c1-4-9-16-12-10(5-2)7-6-8-11(12)13(14)15-3/h2,6-8H,4,9H2,1,3H3. The molecule has 0 amide bonds. The van der Waals surface area contributed by atoms with Crippen LogP contribution in [0.3, 0.4) is 0 Å². The number of ether oxygens (including phenoxy) is 2. The maximum atomic E-state index is 11.5. The Morgan fingerprint density at radius 1 is 1.50 bits per heavy atom. The number of benzene rings is 1. The van der Waals surface area contributed by atoms with E-state index in [2.05, 4.69) is 10.7 Å². The molecule has 0 bridgehead atoms. The average Bonchev–Trinajstić information content (AvgIpc) is 2.34. The smallest absolute Gasteiger partial charge is 0.341 e. The highest BCUT2D eigenvalue weighted by Crippen LogP contribution is 2.24. The van der Waals surface area contributed by atoms with Crippen LogP contribution in [0.25, 0.3) is 0 Å². The molecule has 16 heavy (non-hydrogen) atoms. The van der Waals surface area contributed by atoms with E-state index in [1.165, 1.54) is 7.11 Å². The Morgan fingerprint density at radius 2 is 2.25 bits per heavy atom. The molecule has 3 nitrogen and oxygen atoms in total. The summed E-state index contributed by atoms with van der Waals surface area (Å²) in [6.45, 7) is 2.50. The lowest BCUT2D eigenvalue weighted by Gasteiger charge is -2.11. The fraction of sp³-hybridized carbons (Fsp3) is 0.308. The lowest BCUT2D eigenvalue weighted by atomic mass is 10.1. The molecule has 0 N–H and O–H groups in total. The fourth-order valence-corrected chi connectivity index (χ4v) is 1.28. The first kappa shape index (κ1) is 12.1. The molecule has 0 aliphatic heterocycles. The van der Waals surface area contributed by atoms with E-state index in [9.17, 15) is 4.79 Å². The van der Waals surface area contributed by atoms with Crippen molar-refractivity contribution < 1.29 is 14.3 Å². The van der Waals surface area contributed by atoms with Gasteiger partial charge in [0.05, 0.1) is 19.3 Å². The molecule has 0 aromatic heterocycles. The number of hydrogen-bond donors (Lipinski definition) is 0. The zero-order valence-electron chi connectivity index (χ0n) is 9.45. The predicted octanol–water partition coefficient (Wildman–Crippen LogP) is 2.24. The maximum Gasteiger partial charge on any atom is 0.341 e. The van der Waals surface area contributed by atoms with Crippen molar-refractivity contribution in [1.82, 2.24) is 0 Å². The van der Waals surface area contributed by atoms with Gasteiger partial charge in [-0.25, -0.2) is 4.79 Å². The summed E-state index contributed by atoms with van der Waals surface area (Å²) in [5.41, 5.74) is 0.933. The Hall–Kier alpha value is -1.95. The van der Waals surface area contributed by atoms with E-state index in [1.807, 2.05) is 6.92 Å². The van der Waals surface area contributed by atoms with Gasteiger partial charge in [-0.05, 0) is 18.6 Å². The normalized spacial score (nSPS) is 9.31. The second-order valence-electron chi connectivity index (χ2n) is 3.17. The second-order valence-corrected chi connectivity index (χ2v) is 3.17. The van der Waals surface area contributed by atoms with E-state index < -0.39 is 5.97 Å². The molecule has 1 aromatic rings. The number of para-hydroxylation sites is 1. The molecule has 0 saturated heterocycles. The van der Waals surface area contributed by atoms with Crippen LogP contribution < -0.4 is 4.74 Å². The molecule has 0 aliphatic carbocycles. The highest BCUT2D eigenvalue weighted by molar-refractivity contribution is 5.93. The molecule has 0 spiro atoms. The van der Waals surface area contributed by atoms with Gasteiger partial charge in [-0.15, -0.1) is 6.42 Å². The third kappa shape index (κ3) is 2.54. The summed E-state index contributed by atoms with van der Waals surface area (Å²) in [4.78, 5) is 11.5. The summed E-state index contributed by atoms with van der Waals surface area (Å²) in [6.07, 6.45) is 6.20. The molecular formula is C13H14O3. The number of carbonyl (C=O) groups excluding carboxylic acids is 1. The van der Waals surface area contributed by atoms with Gasteiger partial charge < -0.3 is 9.47 Å². The van der Waals surface area contributed by atoms with Crippen LogP contribution in [-0.2, 0) is 4.74 Å². The van der Waals surface area contributed by atoms with E-state index in [1.54, 1.807) is 18.2 Å². The first-order valence-corrected chi connectivity index (χ1v) is 5.05. The van der Waals surface area contributed by atoms with Crippen molar-refractivity contribution >= 4 is 5.97 Å². The number of methoxy groups -OCH3 is 1. The van der Waals surface area contributed by atoms with Gasteiger partial charge in [0, 0.05) is 0 Å². The largest absolute Gasteiger partial charge is 0.491 e. The molecule has 0 saturated carbocycles. The highest BCUT2D eigenvalue weighted by atomic mass is 16.5. The van der Waals surface area contributed by atoms with Crippen molar-refractivity contribution in [3.05, 3.63) is 29.3 Å². The zero-order valence-corrected chi connectivity index (χ0v) is 9.45. The number of terminal acetylenes is 1. The number of esters is 1. The second kappa shape index (κ2) is 5.82. The third-order valence-corrected chi connectivity index (χ3v) is 2.03. The van der Waals surface area contributed by atoms with Gasteiger partial charge >= 0.3 is 5.97 Å². The minimum atomic E-state index is -0.441. The zero-order chi connectivity index (χ0) is 12.0. The predicted molar refractivity (Wildman–Crippen MR) is 61.5 cm³/mol. The monoisotopic (exact) mass is 218 g/mol. The van der Waals surface area contributed by atoms with E-state index >= 15 is 0 Å².